The Bertz CT molecular complexity index is 1700. The second-order valence-electron chi connectivity index (χ2n) is 13.2. The largest absolute Gasteiger partial charge is 0.862 e. The SMILES string of the molecule is CO[C@@H]1O[C@H](CO)[C@@H](O)[C@H](O[C@@H]2O[C@H](C(=O)O)[C@@H](O[C@H]3O[C@H](COS(=O)(=O)O)[C@@H](O[C@@H]4O[C@H](C(=O)[O-])[C@@H](O)[C@H](O)[C@H]4O)[C@H](O)[C@H]3NS(=O)(=O)O)[C@H](O)[C@H]2O)[C@H]1N=C(C)[O-]. The minimum atomic E-state index is -5.51. The highest BCUT2D eigenvalue weighted by Gasteiger charge is 2.57. The fourth-order valence-electron chi connectivity index (χ4n) is 6.46. The maximum atomic E-state index is 12.5. The topological polar surface area (TPSA) is 479 Å². The summed E-state index contributed by atoms with van der Waals surface area (Å²) in [7, 11) is -9.83. The number of carboxylic acid groups (broad SMARTS) is 2. The normalized spacial score (nSPS) is 43.9. The summed E-state index contributed by atoms with van der Waals surface area (Å²) in [5, 5.41) is 118. The number of carbonyl (C=O) groups is 2. The van der Waals surface area contributed by atoms with Gasteiger partial charge in [0.1, 0.15) is 91.4 Å². The summed E-state index contributed by atoms with van der Waals surface area (Å²) in [4.78, 5) is 27.7. The van der Waals surface area contributed by atoms with Crippen LogP contribution < -0.4 is 14.9 Å². The summed E-state index contributed by atoms with van der Waals surface area (Å²) in [5.74, 6) is -5.05. The van der Waals surface area contributed by atoms with Crippen molar-refractivity contribution in [2.45, 2.75) is 130 Å². The van der Waals surface area contributed by atoms with Crippen LogP contribution in [0.4, 0.5) is 0 Å². The number of nitrogens with one attached hydrogen (secondary N) is 1. The van der Waals surface area contributed by atoms with Crippen molar-refractivity contribution in [3.63, 3.8) is 0 Å². The second-order valence-corrected chi connectivity index (χ2v) is 15.5. The molecule has 0 aromatic heterocycles. The van der Waals surface area contributed by atoms with Crippen LogP contribution in [0.5, 0.6) is 0 Å². The first-order chi connectivity index (χ1) is 27.3. The summed E-state index contributed by atoms with van der Waals surface area (Å²) in [6.07, 6.45) is -40.5. The smallest absolute Gasteiger partial charge is 0.397 e. The first-order valence-corrected chi connectivity index (χ1v) is 19.6. The zero-order valence-electron chi connectivity index (χ0n) is 30.1. The molecule has 59 heavy (non-hydrogen) atoms. The molecule has 20 atom stereocenters. The number of carbonyl (C=O) groups excluding carboxylic acids is 1. The van der Waals surface area contributed by atoms with E-state index in [4.69, 9.17) is 37.9 Å². The van der Waals surface area contributed by atoms with Crippen LogP contribution >= 0.6 is 0 Å². The van der Waals surface area contributed by atoms with Crippen LogP contribution in [0.2, 0.25) is 0 Å². The Morgan fingerprint density at radius 1 is 0.695 bits per heavy atom. The number of aliphatic imine (C=N–C) groups is 1. The quantitative estimate of drug-likeness (QED) is 0.0389. The summed E-state index contributed by atoms with van der Waals surface area (Å²) in [6, 6.07) is -4.05. The van der Waals surface area contributed by atoms with Crippen molar-refractivity contribution >= 4 is 38.5 Å². The third-order valence-corrected chi connectivity index (χ3v) is 10.2. The number of hydrogen-bond donors (Lipinski definition) is 12. The van der Waals surface area contributed by atoms with E-state index in [9.17, 15) is 91.7 Å². The fourth-order valence-corrected chi connectivity index (χ4v) is 7.36. The summed E-state index contributed by atoms with van der Waals surface area (Å²) >= 11 is 0. The van der Waals surface area contributed by atoms with Crippen molar-refractivity contribution in [2.24, 2.45) is 4.99 Å². The van der Waals surface area contributed by atoms with E-state index < -0.39 is 174 Å². The zero-order valence-corrected chi connectivity index (χ0v) is 31.7. The van der Waals surface area contributed by atoms with Crippen molar-refractivity contribution in [1.82, 2.24) is 4.72 Å². The number of nitrogens with zero attached hydrogens (tertiary/aromatic N) is 1. The lowest BCUT2D eigenvalue weighted by Crippen LogP contribution is -2.70. The van der Waals surface area contributed by atoms with Crippen LogP contribution in [0.3, 0.4) is 0 Å². The number of aliphatic hydroxyl groups is 8. The number of aliphatic hydroxyl groups excluding tert-OH is 8. The molecule has 342 valence electrons. The monoisotopic (exact) mass is 906 g/mol. The van der Waals surface area contributed by atoms with Crippen LogP contribution in [-0.2, 0) is 72.4 Å². The van der Waals surface area contributed by atoms with Gasteiger partial charge in [0.2, 0.25) is 0 Å². The van der Waals surface area contributed by atoms with E-state index in [0.29, 0.717) is 0 Å². The predicted octanol–water partition coefficient (Wildman–Crippen LogP) is -11.2. The lowest BCUT2D eigenvalue weighted by atomic mass is 9.94. The number of carboxylic acids is 2. The molecule has 4 fully saturated rings. The third-order valence-electron chi connectivity index (χ3n) is 9.19. The van der Waals surface area contributed by atoms with Gasteiger partial charge in [0.25, 0.3) is 0 Å². The molecule has 4 aliphatic heterocycles. The molecule has 12 N–H and O–H groups in total. The van der Waals surface area contributed by atoms with Crippen LogP contribution in [-0.4, -0.2) is 233 Å². The van der Waals surface area contributed by atoms with Crippen LogP contribution in [0.15, 0.2) is 4.99 Å². The molecule has 0 aliphatic carbocycles. The summed E-state index contributed by atoms with van der Waals surface area (Å²) in [6.45, 7) is -1.34. The maximum Gasteiger partial charge on any atom is 0.397 e. The van der Waals surface area contributed by atoms with Crippen LogP contribution in [0.1, 0.15) is 6.92 Å². The van der Waals surface area contributed by atoms with Crippen molar-refractivity contribution < 1.29 is 134 Å². The van der Waals surface area contributed by atoms with Crippen molar-refractivity contribution in [3.8, 4) is 0 Å². The molecule has 0 radical (unpaired) electrons. The van der Waals surface area contributed by atoms with E-state index in [1.165, 1.54) is 4.72 Å². The number of ether oxygens (including phenoxy) is 8. The van der Waals surface area contributed by atoms with E-state index in [1.807, 2.05) is 0 Å². The fraction of sp³-hybridized carbons (Fsp3) is 0.889. The Morgan fingerprint density at radius 2 is 1.24 bits per heavy atom. The molecule has 0 aromatic carbocycles. The Kier molecular flexibility index (Phi) is 16.4. The molecule has 4 heterocycles. The minimum Gasteiger partial charge on any atom is -0.862 e. The lowest BCUT2D eigenvalue weighted by Gasteiger charge is -2.49. The van der Waals surface area contributed by atoms with Crippen molar-refractivity contribution in [2.75, 3.05) is 20.3 Å². The van der Waals surface area contributed by atoms with Crippen LogP contribution in [0, 0.1) is 0 Å². The number of rotatable bonds is 16. The average Bonchev–Trinajstić information content (AvgIpc) is 3.13. The van der Waals surface area contributed by atoms with Gasteiger partial charge in [0.15, 0.2) is 31.3 Å². The van der Waals surface area contributed by atoms with Crippen molar-refractivity contribution in [1.29, 1.82) is 0 Å². The number of methoxy groups -OCH3 is 1. The molecule has 0 bridgehead atoms. The Labute approximate surface area is 331 Å². The van der Waals surface area contributed by atoms with E-state index in [2.05, 4.69) is 9.18 Å². The van der Waals surface area contributed by atoms with Gasteiger partial charge in [-0.3, -0.25) is 14.1 Å². The highest BCUT2D eigenvalue weighted by Crippen LogP contribution is 2.35. The first kappa shape index (κ1) is 49.2. The molecule has 4 rings (SSSR count). The standard InChI is InChI=1S/C27H44N2O28S2/c1-5(31)28-9-18(10(32)6(3-30)51-24(9)49-2)54-27-16(38)14(36)19(21(57-27)23(41)42)55-25-8(29-58(43,44)45)11(33)17(7(52-25)4-50-59(46,47)48)53-26-15(37)12(34)13(35)20(56-26)22(39)40/h6-21,24-27,29-30,32-38H,3-4H2,1-2H3,(H,28,31)(H,39,40)(H,41,42)(H,43,44,45)(H,46,47,48)/p-2/t6-,7-,8-,9-,10-,11-,12+,13+,14-,15-,16-,17-,18-,19+,20+,21+,24-,25-,26-,27-/m1/s1. The van der Waals surface area contributed by atoms with Gasteiger partial charge < -0.3 is 98.9 Å². The molecule has 0 unspecified atom stereocenters. The molecule has 32 heteroatoms. The predicted molar refractivity (Wildman–Crippen MR) is 171 cm³/mol. The van der Waals surface area contributed by atoms with Gasteiger partial charge in [-0.2, -0.15) is 21.6 Å². The van der Waals surface area contributed by atoms with Crippen LogP contribution in [0.25, 0.3) is 0 Å². The molecule has 0 aromatic rings. The van der Waals surface area contributed by atoms with Gasteiger partial charge >= 0.3 is 26.7 Å². The zero-order chi connectivity index (χ0) is 44.5. The van der Waals surface area contributed by atoms with Gasteiger partial charge in [-0.15, -0.1) is 0 Å². The number of hydrogen-bond acceptors (Lipinski definition) is 26. The molecule has 30 nitrogen and oxygen atoms in total. The van der Waals surface area contributed by atoms with E-state index >= 15 is 0 Å². The average molecular weight is 907 g/mol. The maximum absolute atomic E-state index is 12.5. The molecule has 0 saturated carbocycles. The van der Waals surface area contributed by atoms with Gasteiger partial charge in [-0.05, 0) is 12.8 Å². The molecule has 0 spiro atoms. The van der Waals surface area contributed by atoms with E-state index in [-0.39, 0.29) is 0 Å². The molecule has 4 aliphatic rings. The minimum absolute atomic E-state index is 0.859. The molecular formula is C27H42N2O28S2-2. The Balaban J connectivity index is 1.68. The highest BCUT2D eigenvalue weighted by atomic mass is 32.3. The first-order valence-electron chi connectivity index (χ1n) is 16.8. The number of aliphatic carboxylic acids is 2. The lowest BCUT2D eigenvalue weighted by molar-refractivity contribution is -0.376. The van der Waals surface area contributed by atoms with Gasteiger partial charge in [0.05, 0.1) is 19.2 Å². The summed E-state index contributed by atoms with van der Waals surface area (Å²) < 4.78 is 114. The van der Waals surface area contributed by atoms with Crippen molar-refractivity contribution in [3.05, 3.63) is 0 Å². The second kappa shape index (κ2) is 19.7. The van der Waals surface area contributed by atoms with Gasteiger partial charge in [-0.25, -0.2) is 8.98 Å². The third kappa shape index (κ3) is 11.7. The van der Waals surface area contributed by atoms with Gasteiger partial charge in [0, 0.05) is 7.11 Å². The Morgan fingerprint density at radius 3 is 1.75 bits per heavy atom. The Hall–Kier alpha value is -2.49. The van der Waals surface area contributed by atoms with Gasteiger partial charge in [-0.1, -0.05) is 0 Å². The highest BCUT2D eigenvalue weighted by molar-refractivity contribution is 7.83. The molecule has 0 amide bonds. The molecular weight excluding hydrogens is 864 g/mol. The van der Waals surface area contributed by atoms with E-state index in [1.54, 1.807) is 0 Å². The van der Waals surface area contributed by atoms with E-state index in [0.717, 1.165) is 14.0 Å². The molecule has 4 saturated heterocycles. The summed E-state index contributed by atoms with van der Waals surface area (Å²) in [5.41, 5.74) is 0.